The summed E-state index contributed by atoms with van der Waals surface area (Å²) in [6, 6.07) is 9.67. The number of halogens is 1. The Kier molecular flexibility index (Phi) is 6.85. The monoisotopic (exact) mass is 588 g/mol. The first kappa shape index (κ1) is 21.6. The van der Waals surface area contributed by atoms with Crippen LogP contribution >= 0.6 is 11.6 Å². The van der Waals surface area contributed by atoms with Crippen LogP contribution in [0, 0.1) is 0 Å². The molecule has 144 valence electrons. The van der Waals surface area contributed by atoms with Gasteiger partial charge >= 0.3 is 170 Å². The molecule has 1 aromatic carbocycles. The molecule has 0 heterocycles. The molecular weight excluding hydrogens is 567 g/mol. The fourth-order valence-electron chi connectivity index (χ4n) is 2.89. The van der Waals surface area contributed by atoms with Crippen molar-refractivity contribution in [3.05, 3.63) is 53.6 Å². The molecule has 1 aliphatic rings. The van der Waals surface area contributed by atoms with Gasteiger partial charge in [0.1, 0.15) is 0 Å². The van der Waals surface area contributed by atoms with Gasteiger partial charge in [0.15, 0.2) is 0 Å². The van der Waals surface area contributed by atoms with Crippen LogP contribution in [0.1, 0.15) is 39.7 Å². The Labute approximate surface area is 169 Å². The summed E-state index contributed by atoms with van der Waals surface area (Å²) in [5.74, 6) is -2.15. The van der Waals surface area contributed by atoms with E-state index in [1.807, 2.05) is 42.5 Å². The molecule has 0 amide bonds. The zero-order chi connectivity index (χ0) is 20.2. The minimum absolute atomic E-state index is 0.191. The summed E-state index contributed by atoms with van der Waals surface area (Å²) in [7, 11) is 0. The third-order valence-electron chi connectivity index (χ3n) is 4.03. The van der Waals surface area contributed by atoms with Crippen molar-refractivity contribution in [1.82, 2.24) is 0 Å². The van der Waals surface area contributed by atoms with E-state index in [2.05, 4.69) is 0 Å². The molecule has 0 radical (unpaired) electrons. The molecule has 0 N–H and O–H groups in total. The van der Waals surface area contributed by atoms with Gasteiger partial charge in [-0.25, -0.2) is 0 Å². The first-order chi connectivity index (χ1) is 12.6. The molecule has 0 aliphatic heterocycles. The van der Waals surface area contributed by atoms with Crippen LogP contribution in [0.2, 0.25) is 0 Å². The second-order valence-electron chi connectivity index (χ2n) is 6.20. The van der Waals surface area contributed by atoms with Crippen molar-refractivity contribution in [1.29, 1.82) is 0 Å². The van der Waals surface area contributed by atoms with Crippen LogP contribution in [0.3, 0.4) is 0 Å². The predicted octanol–water partition coefficient (Wildman–Crippen LogP) is 3.57. The van der Waals surface area contributed by atoms with Gasteiger partial charge < -0.3 is 0 Å². The standard InChI is InChI=1S/C13H12Cl.3C2H4O2.Pb/c1-10-9-12(7-8-13(10)14)11-5-3-2-4-6-11;3*1-2(3)4;/h2-7,9H,8H2,1H3;3*1H3,(H,3,4);/q;;;;+3/p-3. The summed E-state index contributed by atoms with van der Waals surface area (Å²) in [4.78, 5) is 35.3. The molecule has 1 aromatic rings. The molecule has 1 unspecified atom stereocenters. The molecule has 0 bridgehead atoms. The van der Waals surface area contributed by atoms with Crippen molar-refractivity contribution >= 4 is 57.6 Å². The van der Waals surface area contributed by atoms with E-state index in [4.69, 9.17) is 19.7 Å². The Hall–Kier alpha value is -1.68. The van der Waals surface area contributed by atoms with Gasteiger partial charge in [-0.15, -0.1) is 0 Å². The fourth-order valence-corrected chi connectivity index (χ4v) is 14.3. The van der Waals surface area contributed by atoms with Crippen LogP contribution < -0.4 is 0 Å². The summed E-state index contributed by atoms with van der Waals surface area (Å²) in [6.07, 6.45) is 3.88. The third kappa shape index (κ3) is 4.79. The molecule has 8 heteroatoms. The summed E-state index contributed by atoms with van der Waals surface area (Å²) in [5, 5.41) is 0. The Morgan fingerprint density at radius 1 is 0.963 bits per heavy atom. The van der Waals surface area contributed by atoms with E-state index < -0.39 is 42.9 Å². The van der Waals surface area contributed by atoms with E-state index in [1.54, 1.807) is 6.92 Å². The van der Waals surface area contributed by atoms with Crippen LogP contribution in [0.4, 0.5) is 0 Å². The average molecular weight is 588 g/mol. The summed E-state index contributed by atoms with van der Waals surface area (Å²) in [5.41, 5.74) is 2.53. The van der Waals surface area contributed by atoms with E-state index in [9.17, 15) is 14.4 Å². The van der Waals surface area contributed by atoms with Crippen LogP contribution in [-0.2, 0) is 22.4 Å². The number of carbonyl (C=O) groups is 3. The fraction of sp³-hybridized carbons (Fsp3) is 0.316. The van der Waals surface area contributed by atoms with Gasteiger partial charge in [-0.1, -0.05) is 0 Å². The van der Waals surface area contributed by atoms with Crippen molar-refractivity contribution in [2.75, 3.05) is 0 Å². The van der Waals surface area contributed by atoms with Gasteiger partial charge in [-0.2, -0.15) is 0 Å². The molecule has 0 fully saturated rings. The summed E-state index contributed by atoms with van der Waals surface area (Å²) >= 11 is 1.46. The number of allylic oxidation sites excluding steroid dienone is 4. The van der Waals surface area contributed by atoms with E-state index in [0.29, 0.717) is 5.57 Å². The molecule has 1 aliphatic carbocycles. The molecule has 1 atom stereocenters. The molecular formula is C19H21ClO6Pb. The van der Waals surface area contributed by atoms with E-state index >= 15 is 0 Å². The Bertz CT molecular complexity index is 776. The molecule has 0 saturated heterocycles. The molecule has 0 spiro atoms. The van der Waals surface area contributed by atoms with Crippen LogP contribution in [0.15, 0.2) is 48.1 Å². The van der Waals surface area contributed by atoms with Gasteiger partial charge in [-0.05, 0) is 0 Å². The molecule has 0 aromatic heterocycles. The molecule has 27 heavy (non-hydrogen) atoms. The second kappa shape index (κ2) is 8.56. The van der Waals surface area contributed by atoms with Gasteiger partial charge in [-0.3, -0.25) is 0 Å². The van der Waals surface area contributed by atoms with E-state index in [-0.39, 0.29) is 6.42 Å². The Morgan fingerprint density at radius 2 is 1.44 bits per heavy atom. The van der Waals surface area contributed by atoms with E-state index in [1.165, 1.54) is 0 Å². The normalized spacial score (nSPS) is 19.4. The SMILES string of the molecule is CC(=O)[O][Pb]([O]C(C)=O)([O]C(C)=O)[C]1(Cl)CC=C(c2ccccc2)C=C1C. The zero-order valence-electron chi connectivity index (χ0n) is 15.6. The number of alkyl halides is 1. The van der Waals surface area contributed by atoms with Gasteiger partial charge in [0.2, 0.25) is 0 Å². The number of rotatable bonds is 5. The van der Waals surface area contributed by atoms with E-state index in [0.717, 1.165) is 31.9 Å². The van der Waals surface area contributed by atoms with Crippen molar-refractivity contribution in [2.24, 2.45) is 0 Å². The molecule has 6 nitrogen and oxygen atoms in total. The third-order valence-corrected chi connectivity index (χ3v) is 19.1. The number of hydrogen-bond acceptors (Lipinski definition) is 6. The van der Waals surface area contributed by atoms with Gasteiger partial charge in [0, 0.05) is 0 Å². The van der Waals surface area contributed by atoms with Gasteiger partial charge in [0.05, 0.1) is 0 Å². The van der Waals surface area contributed by atoms with Gasteiger partial charge in [0.25, 0.3) is 0 Å². The predicted molar refractivity (Wildman–Crippen MR) is 102 cm³/mol. The number of hydrogen-bond donors (Lipinski definition) is 0. The Morgan fingerprint density at radius 3 is 1.85 bits per heavy atom. The average Bonchev–Trinajstić information content (AvgIpc) is 2.56. The Balaban J connectivity index is 2.52. The van der Waals surface area contributed by atoms with Crippen LogP contribution in [-0.4, -0.2) is 42.9 Å². The van der Waals surface area contributed by atoms with Crippen molar-refractivity contribution in [2.45, 2.75) is 36.5 Å². The van der Waals surface area contributed by atoms with Crippen molar-refractivity contribution < 1.29 is 22.4 Å². The second-order valence-corrected chi connectivity index (χ2v) is 18.1. The molecule has 0 saturated carbocycles. The number of carbonyl (C=O) groups excluding carboxylic acids is 3. The van der Waals surface area contributed by atoms with Crippen LogP contribution in [0.25, 0.3) is 5.57 Å². The number of benzene rings is 1. The topological polar surface area (TPSA) is 78.9 Å². The first-order valence-corrected chi connectivity index (χ1v) is 15.4. The zero-order valence-corrected chi connectivity index (χ0v) is 20.2. The summed E-state index contributed by atoms with van der Waals surface area (Å²) in [6.45, 7) is 5.23. The van der Waals surface area contributed by atoms with Crippen molar-refractivity contribution in [3.8, 4) is 0 Å². The maximum atomic E-state index is 11.8. The van der Waals surface area contributed by atoms with Crippen molar-refractivity contribution in [3.63, 3.8) is 0 Å². The van der Waals surface area contributed by atoms with Crippen LogP contribution in [0.5, 0.6) is 0 Å². The quantitative estimate of drug-likeness (QED) is 0.387. The maximum absolute atomic E-state index is 11.8. The first-order valence-electron chi connectivity index (χ1n) is 8.31. The summed E-state index contributed by atoms with van der Waals surface area (Å²) < 4.78 is 14.8. The minimum atomic E-state index is -5.42. The molecule has 2 rings (SSSR count).